The summed E-state index contributed by atoms with van der Waals surface area (Å²) in [4.78, 5) is 23.0. The molecule has 0 fully saturated rings. The van der Waals surface area contributed by atoms with Crippen LogP contribution in [-0.2, 0) is 0 Å². The zero-order valence-corrected chi connectivity index (χ0v) is 7.79. The number of nitrogens with two attached hydrogens (primary N) is 1. The minimum atomic E-state index is -0.537. The summed E-state index contributed by atoms with van der Waals surface area (Å²) in [5.41, 5.74) is 6.14. The molecule has 0 bridgehead atoms. The number of rotatable bonds is 2. The number of carbonyl (C=O) groups excluding carboxylic acids is 1. The maximum absolute atomic E-state index is 11.1. The summed E-state index contributed by atoms with van der Waals surface area (Å²) in [5.74, 6) is -0.0701. The SMILES string of the molecule is NC(=O)c1cnccc1-c1ncccn1. The van der Waals surface area contributed by atoms with Crippen LogP contribution in [0.1, 0.15) is 10.4 Å². The van der Waals surface area contributed by atoms with Crippen molar-refractivity contribution in [1.29, 1.82) is 0 Å². The molecule has 2 rings (SSSR count). The monoisotopic (exact) mass is 200 g/mol. The van der Waals surface area contributed by atoms with Crippen LogP contribution in [0.25, 0.3) is 11.4 Å². The summed E-state index contributed by atoms with van der Waals surface area (Å²) in [6.45, 7) is 0. The molecule has 0 saturated heterocycles. The molecule has 5 nitrogen and oxygen atoms in total. The van der Waals surface area contributed by atoms with Gasteiger partial charge in [0.1, 0.15) is 0 Å². The van der Waals surface area contributed by atoms with Crippen molar-refractivity contribution in [3.63, 3.8) is 0 Å². The van der Waals surface area contributed by atoms with Crippen molar-refractivity contribution < 1.29 is 4.79 Å². The fraction of sp³-hybridized carbons (Fsp3) is 0. The minimum absolute atomic E-state index is 0.323. The Morgan fingerprint density at radius 2 is 1.93 bits per heavy atom. The molecule has 0 saturated carbocycles. The van der Waals surface area contributed by atoms with Crippen molar-refractivity contribution in [2.45, 2.75) is 0 Å². The fourth-order valence-electron chi connectivity index (χ4n) is 1.22. The normalized spacial score (nSPS) is 9.87. The Labute approximate surface area is 86.0 Å². The van der Waals surface area contributed by atoms with Gasteiger partial charge in [0, 0.05) is 30.4 Å². The molecule has 0 unspecified atom stereocenters. The summed E-state index contributed by atoms with van der Waals surface area (Å²) in [5, 5.41) is 0. The van der Waals surface area contributed by atoms with E-state index in [1.807, 2.05) is 0 Å². The second-order valence-corrected chi connectivity index (χ2v) is 2.86. The molecule has 0 aliphatic rings. The Bertz CT molecular complexity index is 484. The van der Waals surface area contributed by atoms with E-state index in [2.05, 4.69) is 15.0 Å². The van der Waals surface area contributed by atoms with E-state index in [0.29, 0.717) is 17.0 Å². The number of hydrogen-bond donors (Lipinski definition) is 1. The lowest BCUT2D eigenvalue weighted by Crippen LogP contribution is -2.13. The molecule has 2 aromatic rings. The van der Waals surface area contributed by atoms with Crippen molar-refractivity contribution in [3.8, 4) is 11.4 Å². The summed E-state index contributed by atoms with van der Waals surface area (Å²) < 4.78 is 0. The molecule has 2 heterocycles. The lowest BCUT2D eigenvalue weighted by molar-refractivity contribution is 0.100. The van der Waals surface area contributed by atoms with E-state index in [0.717, 1.165) is 0 Å². The maximum Gasteiger partial charge on any atom is 0.251 e. The van der Waals surface area contributed by atoms with E-state index in [-0.39, 0.29) is 0 Å². The number of primary amides is 1. The topological polar surface area (TPSA) is 81.8 Å². The average molecular weight is 200 g/mol. The Morgan fingerprint density at radius 1 is 1.20 bits per heavy atom. The lowest BCUT2D eigenvalue weighted by Gasteiger charge is -2.03. The first-order chi connectivity index (χ1) is 7.29. The number of nitrogens with zero attached hydrogens (tertiary/aromatic N) is 3. The van der Waals surface area contributed by atoms with Crippen molar-refractivity contribution >= 4 is 5.91 Å². The van der Waals surface area contributed by atoms with Gasteiger partial charge >= 0.3 is 0 Å². The molecule has 5 heteroatoms. The third kappa shape index (κ3) is 1.80. The van der Waals surface area contributed by atoms with Crippen LogP contribution in [0.3, 0.4) is 0 Å². The van der Waals surface area contributed by atoms with Crippen LogP contribution in [-0.4, -0.2) is 20.9 Å². The fourth-order valence-corrected chi connectivity index (χ4v) is 1.22. The second kappa shape index (κ2) is 3.83. The zero-order valence-electron chi connectivity index (χ0n) is 7.79. The average Bonchev–Trinajstić information content (AvgIpc) is 2.30. The Kier molecular flexibility index (Phi) is 2.37. The Morgan fingerprint density at radius 3 is 2.60 bits per heavy atom. The van der Waals surface area contributed by atoms with Crippen molar-refractivity contribution in [2.24, 2.45) is 5.73 Å². The predicted octanol–water partition coefficient (Wildman–Crippen LogP) is 0.637. The maximum atomic E-state index is 11.1. The van der Waals surface area contributed by atoms with Gasteiger partial charge in [-0.25, -0.2) is 9.97 Å². The smallest absolute Gasteiger partial charge is 0.251 e. The summed E-state index contributed by atoms with van der Waals surface area (Å²) >= 11 is 0. The van der Waals surface area contributed by atoms with E-state index >= 15 is 0 Å². The van der Waals surface area contributed by atoms with E-state index in [1.54, 1.807) is 30.7 Å². The van der Waals surface area contributed by atoms with Gasteiger partial charge < -0.3 is 5.73 Å². The second-order valence-electron chi connectivity index (χ2n) is 2.86. The predicted molar refractivity (Wildman–Crippen MR) is 53.8 cm³/mol. The summed E-state index contributed by atoms with van der Waals surface area (Å²) in [7, 11) is 0. The van der Waals surface area contributed by atoms with E-state index in [9.17, 15) is 4.79 Å². The Balaban J connectivity index is 2.58. The molecule has 2 N–H and O–H groups in total. The molecule has 74 valence electrons. The highest BCUT2D eigenvalue weighted by Crippen LogP contribution is 2.17. The number of pyridine rings is 1. The largest absolute Gasteiger partial charge is 0.366 e. The molecule has 1 amide bonds. The van der Waals surface area contributed by atoms with Crippen molar-refractivity contribution in [1.82, 2.24) is 15.0 Å². The van der Waals surface area contributed by atoms with Gasteiger partial charge in [0.15, 0.2) is 5.82 Å². The molecule has 0 aromatic carbocycles. The van der Waals surface area contributed by atoms with Crippen LogP contribution in [0, 0.1) is 0 Å². The molecule has 0 radical (unpaired) electrons. The van der Waals surface area contributed by atoms with Crippen LogP contribution >= 0.6 is 0 Å². The van der Waals surface area contributed by atoms with Gasteiger partial charge in [-0.3, -0.25) is 9.78 Å². The number of carbonyl (C=O) groups is 1. The standard InChI is InChI=1S/C10H8N4O/c11-9(15)8-6-12-5-2-7(8)10-13-3-1-4-14-10/h1-6H,(H2,11,15). The van der Waals surface area contributed by atoms with E-state index in [1.165, 1.54) is 6.20 Å². The number of aromatic nitrogens is 3. The lowest BCUT2D eigenvalue weighted by atomic mass is 10.1. The molecule has 0 aliphatic carbocycles. The molecular formula is C10H8N4O. The van der Waals surface area contributed by atoms with Crippen LogP contribution in [0.4, 0.5) is 0 Å². The van der Waals surface area contributed by atoms with Crippen LogP contribution in [0.2, 0.25) is 0 Å². The van der Waals surface area contributed by atoms with Gasteiger partial charge in [-0.15, -0.1) is 0 Å². The molecule has 0 aliphatic heterocycles. The van der Waals surface area contributed by atoms with Crippen molar-refractivity contribution in [2.75, 3.05) is 0 Å². The quantitative estimate of drug-likeness (QED) is 0.771. The highest BCUT2D eigenvalue weighted by atomic mass is 16.1. The van der Waals surface area contributed by atoms with E-state index in [4.69, 9.17) is 5.73 Å². The highest BCUT2D eigenvalue weighted by Gasteiger charge is 2.10. The molecule has 0 spiro atoms. The van der Waals surface area contributed by atoms with Gasteiger partial charge in [-0.05, 0) is 12.1 Å². The number of amides is 1. The molecular weight excluding hydrogens is 192 g/mol. The van der Waals surface area contributed by atoms with Gasteiger partial charge in [-0.1, -0.05) is 0 Å². The first-order valence-corrected chi connectivity index (χ1v) is 4.30. The van der Waals surface area contributed by atoms with Crippen LogP contribution < -0.4 is 5.73 Å². The van der Waals surface area contributed by atoms with Gasteiger partial charge in [0.25, 0.3) is 5.91 Å². The van der Waals surface area contributed by atoms with Crippen LogP contribution in [0.5, 0.6) is 0 Å². The Hall–Kier alpha value is -2.30. The van der Waals surface area contributed by atoms with Gasteiger partial charge in [0.2, 0.25) is 0 Å². The molecule has 2 aromatic heterocycles. The zero-order chi connectivity index (χ0) is 10.7. The van der Waals surface area contributed by atoms with Crippen molar-refractivity contribution in [3.05, 3.63) is 42.5 Å². The number of hydrogen-bond acceptors (Lipinski definition) is 4. The van der Waals surface area contributed by atoms with Gasteiger partial charge in [-0.2, -0.15) is 0 Å². The highest BCUT2D eigenvalue weighted by molar-refractivity contribution is 5.98. The third-order valence-electron chi connectivity index (χ3n) is 1.89. The summed E-state index contributed by atoms with van der Waals surface area (Å²) in [6.07, 6.45) is 6.19. The minimum Gasteiger partial charge on any atom is -0.366 e. The van der Waals surface area contributed by atoms with Gasteiger partial charge in [0.05, 0.1) is 5.56 Å². The molecule has 15 heavy (non-hydrogen) atoms. The third-order valence-corrected chi connectivity index (χ3v) is 1.89. The van der Waals surface area contributed by atoms with Crippen LogP contribution in [0.15, 0.2) is 36.9 Å². The molecule has 0 atom stereocenters. The first kappa shape index (κ1) is 9.26. The summed E-state index contributed by atoms with van der Waals surface area (Å²) in [6, 6.07) is 3.37. The first-order valence-electron chi connectivity index (χ1n) is 4.30. The van der Waals surface area contributed by atoms with E-state index < -0.39 is 5.91 Å².